The molecule has 25 heavy (non-hydrogen) atoms. The first-order chi connectivity index (χ1) is 12.0. The number of nitrogens with zero attached hydrogens (tertiary/aromatic N) is 3. The molecule has 0 fully saturated rings. The van der Waals surface area contributed by atoms with Crippen molar-refractivity contribution in [2.45, 2.75) is 6.42 Å². The average molecular weight is 351 g/mol. The number of fused-ring (bicyclic) bond motifs is 1. The fourth-order valence-electron chi connectivity index (χ4n) is 2.89. The molecule has 0 N–H and O–H groups in total. The molecule has 124 valence electrons. The lowest BCUT2D eigenvalue weighted by atomic mass is 10.1. The van der Waals surface area contributed by atoms with Crippen molar-refractivity contribution in [2.75, 3.05) is 11.9 Å². The van der Waals surface area contributed by atoms with Crippen molar-refractivity contribution in [1.29, 1.82) is 0 Å². The molecule has 1 aliphatic heterocycles. The second-order valence-corrected chi connectivity index (χ2v) is 6.67. The number of nitro benzene ring substituents is 1. The maximum absolute atomic E-state index is 11.8. The van der Waals surface area contributed by atoms with Crippen molar-refractivity contribution >= 4 is 28.6 Å². The summed E-state index contributed by atoms with van der Waals surface area (Å²) >= 11 is 1.49. The molecule has 0 saturated heterocycles. The molecule has 0 radical (unpaired) electrons. The summed E-state index contributed by atoms with van der Waals surface area (Å²) in [5.74, 6) is 0.0944. The molecule has 0 atom stereocenters. The Morgan fingerprint density at radius 2 is 1.88 bits per heavy atom. The minimum Gasteiger partial charge on any atom is -0.315 e. The Bertz CT molecular complexity index is 995. The van der Waals surface area contributed by atoms with E-state index in [1.165, 1.54) is 23.5 Å². The Hall–Kier alpha value is -3.06. The van der Waals surface area contributed by atoms with Gasteiger partial charge < -0.3 is 4.90 Å². The number of anilines is 1. The number of benzene rings is 2. The number of nitro groups is 1. The zero-order valence-corrected chi connectivity index (χ0v) is 14.1. The summed E-state index contributed by atoms with van der Waals surface area (Å²) in [6.07, 6.45) is 0.416. The third kappa shape index (κ3) is 2.68. The predicted octanol–water partition coefficient (Wildman–Crippen LogP) is 3.90. The molecule has 2 aromatic carbocycles. The van der Waals surface area contributed by atoms with Crippen LogP contribution in [0.3, 0.4) is 0 Å². The van der Waals surface area contributed by atoms with E-state index >= 15 is 0 Å². The maximum atomic E-state index is 11.8. The van der Waals surface area contributed by atoms with Gasteiger partial charge >= 0.3 is 0 Å². The van der Waals surface area contributed by atoms with E-state index in [1.54, 1.807) is 24.1 Å². The van der Waals surface area contributed by atoms with E-state index in [0.717, 1.165) is 33.1 Å². The first-order valence-electron chi connectivity index (χ1n) is 7.63. The lowest BCUT2D eigenvalue weighted by Gasteiger charge is -2.09. The first kappa shape index (κ1) is 15.5. The van der Waals surface area contributed by atoms with Crippen LogP contribution in [0.4, 0.5) is 11.4 Å². The number of hydrogen-bond acceptors (Lipinski definition) is 5. The van der Waals surface area contributed by atoms with E-state index < -0.39 is 4.92 Å². The molecular formula is C18H13N3O3S. The van der Waals surface area contributed by atoms with Crippen molar-refractivity contribution in [2.24, 2.45) is 0 Å². The Kier molecular flexibility index (Phi) is 3.58. The summed E-state index contributed by atoms with van der Waals surface area (Å²) in [5.41, 5.74) is 4.66. The van der Waals surface area contributed by atoms with Crippen molar-refractivity contribution in [3.8, 4) is 21.8 Å². The van der Waals surface area contributed by atoms with E-state index in [2.05, 4.69) is 4.98 Å². The number of thiazole rings is 1. The monoisotopic (exact) mass is 351 g/mol. The van der Waals surface area contributed by atoms with Crippen LogP contribution in [0.25, 0.3) is 21.8 Å². The van der Waals surface area contributed by atoms with Crippen LogP contribution in [-0.2, 0) is 11.2 Å². The van der Waals surface area contributed by atoms with Gasteiger partial charge in [-0.3, -0.25) is 14.9 Å². The topological polar surface area (TPSA) is 76.3 Å². The molecule has 3 aromatic rings. The number of carbonyl (C=O) groups is 1. The SMILES string of the molecule is CN1C(=O)Cc2cc(-c3csc(-c4ccc([N+](=O)[O-])cc4)n3)ccc21. The van der Waals surface area contributed by atoms with Gasteiger partial charge in [-0.2, -0.15) is 0 Å². The second-order valence-electron chi connectivity index (χ2n) is 5.81. The zero-order chi connectivity index (χ0) is 17.6. The molecule has 1 amide bonds. The number of likely N-dealkylation sites (N-methyl/N-ethyl adjacent to an activating group) is 1. The molecule has 0 saturated carbocycles. The first-order valence-corrected chi connectivity index (χ1v) is 8.51. The summed E-state index contributed by atoms with van der Waals surface area (Å²) in [7, 11) is 1.78. The summed E-state index contributed by atoms with van der Waals surface area (Å²) in [5, 5.41) is 13.5. The van der Waals surface area contributed by atoms with Crippen molar-refractivity contribution in [3.05, 3.63) is 63.5 Å². The quantitative estimate of drug-likeness (QED) is 0.530. The third-order valence-corrected chi connectivity index (χ3v) is 5.17. The van der Waals surface area contributed by atoms with Gasteiger partial charge in [-0.15, -0.1) is 11.3 Å². The van der Waals surface area contributed by atoms with Crippen LogP contribution in [-0.4, -0.2) is 22.9 Å². The highest BCUT2D eigenvalue weighted by Crippen LogP contribution is 2.34. The molecule has 1 aromatic heterocycles. The number of amides is 1. The molecule has 0 spiro atoms. The largest absolute Gasteiger partial charge is 0.315 e. The van der Waals surface area contributed by atoms with E-state index in [1.807, 2.05) is 23.6 Å². The number of non-ortho nitro benzene ring substituents is 1. The van der Waals surface area contributed by atoms with Gasteiger partial charge in [-0.05, 0) is 29.8 Å². The van der Waals surface area contributed by atoms with Gasteiger partial charge in [-0.25, -0.2) is 4.98 Å². The standard InChI is InChI=1S/C18H13N3O3S/c1-20-16-7-4-12(8-13(16)9-17(20)22)15-10-25-18(19-15)11-2-5-14(6-3-11)21(23)24/h2-8,10H,9H2,1H3. The molecule has 0 unspecified atom stereocenters. The number of carbonyl (C=O) groups excluding carboxylic acids is 1. The van der Waals surface area contributed by atoms with Gasteiger partial charge in [-0.1, -0.05) is 6.07 Å². The maximum Gasteiger partial charge on any atom is 0.269 e. The van der Waals surface area contributed by atoms with Gasteiger partial charge in [0, 0.05) is 41.4 Å². The Labute approximate surface area is 147 Å². The normalized spacial score (nSPS) is 13.2. The predicted molar refractivity (Wildman–Crippen MR) is 96.8 cm³/mol. The second kappa shape index (κ2) is 5.78. The van der Waals surface area contributed by atoms with Crippen LogP contribution >= 0.6 is 11.3 Å². The summed E-state index contributed by atoms with van der Waals surface area (Å²) in [6, 6.07) is 12.3. The summed E-state index contributed by atoms with van der Waals surface area (Å²) < 4.78 is 0. The summed E-state index contributed by atoms with van der Waals surface area (Å²) in [6.45, 7) is 0. The minimum atomic E-state index is -0.417. The fraction of sp³-hybridized carbons (Fsp3) is 0.111. The van der Waals surface area contributed by atoms with Gasteiger partial charge in [0.05, 0.1) is 17.0 Å². The van der Waals surface area contributed by atoms with Crippen molar-refractivity contribution in [3.63, 3.8) is 0 Å². The molecule has 7 heteroatoms. The number of aromatic nitrogens is 1. The van der Waals surface area contributed by atoms with Gasteiger partial charge in [0.1, 0.15) is 5.01 Å². The molecule has 6 nitrogen and oxygen atoms in total. The van der Waals surface area contributed by atoms with Crippen molar-refractivity contribution < 1.29 is 9.72 Å². The Balaban J connectivity index is 1.65. The smallest absolute Gasteiger partial charge is 0.269 e. The van der Waals surface area contributed by atoms with Gasteiger partial charge in [0.15, 0.2) is 0 Å². The fourth-order valence-corrected chi connectivity index (χ4v) is 3.73. The average Bonchev–Trinajstić information content (AvgIpc) is 3.20. The molecule has 2 heterocycles. The van der Waals surface area contributed by atoms with E-state index in [9.17, 15) is 14.9 Å². The van der Waals surface area contributed by atoms with Gasteiger partial charge in [0.2, 0.25) is 5.91 Å². The molecular weight excluding hydrogens is 338 g/mol. The highest BCUT2D eigenvalue weighted by Gasteiger charge is 2.24. The van der Waals surface area contributed by atoms with Crippen LogP contribution in [0, 0.1) is 10.1 Å². The van der Waals surface area contributed by atoms with Crippen LogP contribution in [0.2, 0.25) is 0 Å². The number of rotatable bonds is 3. The van der Waals surface area contributed by atoms with Crippen LogP contribution < -0.4 is 4.90 Å². The van der Waals surface area contributed by atoms with Crippen LogP contribution in [0.15, 0.2) is 47.8 Å². The van der Waals surface area contributed by atoms with E-state index in [-0.39, 0.29) is 11.6 Å². The Morgan fingerprint density at radius 3 is 2.60 bits per heavy atom. The Morgan fingerprint density at radius 1 is 1.16 bits per heavy atom. The zero-order valence-electron chi connectivity index (χ0n) is 13.3. The summed E-state index contributed by atoms with van der Waals surface area (Å²) in [4.78, 5) is 28.4. The molecule has 0 bridgehead atoms. The minimum absolute atomic E-state index is 0.0629. The van der Waals surface area contributed by atoms with E-state index in [0.29, 0.717) is 6.42 Å². The lowest BCUT2D eigenvalue weighted by Crippen LogP contribution is -2.20. The molecule has 1 aliphatic rings. The number of hydrogen-bond donors (Lipinski definition) is 0. The van der Waals surface area contributed by atoms with Crippen LogP contribution in [0.1, 0.15) is 5.56 Å². The molecule has 0 aliphatic carbocycles. The van der Waals surface area contributed by atoms with Crippen LogP contribution in [0.5, 0.6) is 0 Å². The van der Waals surface area contributed by atoms with Gasteiger partial charge in [0.25, 0.3) is 5.69 Å². The van der Waals surface area contributed by atoms with Crippen molar-refractivity contribution in [1.82, 2.24) is 4.98 Å². The van der Waals surface area contributed by atoms with E-state index in [4.69, 9.17) is 0 Å². The lowest BCUT2D eigenvalue weighted by molar-refractivity contribution is -0.384. The molecule has 4 rings (SSSR count). The highest BCUT2D eigenvalue weighted by molar-refractivity contribution is 7.13. The third-order valence-electron chi connectivity index (χ3n) is 4.28. The highest BCUT2D eigenvalue weighted by atomic mass is 32.1.